The smallest absolute Gasteiger partial charge is 0.231 e. The number of primary amides is 1. The van der Waals surface area contributed by atoms with E-state index in [9.17, 15) is 9.59 Å². The van der Waals surface area contributed by atoms with Gasteiger partial charge < -0.3 is 15.8 Å². The highest BCUT2D eigenvalue weighted by atomic mass is 16.5. The van der Waals surface area contributed by atoms with Crippen molar-refractivity contribution in [3.8, 4) is 5.75 Å². The SMILES string of the molecule is NC(=O)CN1CCC2(CCCCc3ccccc3OCCNC2=O)CC1. The number of hydrogen-bond acceptors (Lipinski definition) is 4. The summed E-state index contributed by atoms with van der Waals surface area (Å²) < 4.78 is 5.87. The molecule has 1 saturated heterocycles. The molecule has 1 spiro atoms. The Hall–Kier alpha value is -2.08. The molecule has 1 fully saturated rings. The number of fused-ring (bicyclic) bond motifs is 1. The van der Waals surface area contributed by atoms with Gasteiger partial charge >= 0.3 is 0 Å². The maximum Gasteiger partial charge on any atom is 0.231 e. The molecule has 6 nitrogen and oxygen atoms in total. The molecule has 2 aliphatic rings. The van der Waals surface area contributed by atoms with Crippen molar-refractivity contribution in [3.05, 3.63) is 29.8 Å². The van der Waals surface area contributed by atoms with Crippen LogP contribution in [0, 0.1) is 5.41 Å². The summed E-state index contributed by atoms with van der Waals surface area (Å²) in [6.07, 6.45) is 5.49. The highest BCUT2D eigenvalue weighted by Gasteiger charge is 2.40. The van der Waals surface area contributed by atoms with Crippen molar-refractivity contribution >= 4 is 11.8 Å². The van der Waals surface area contributed by atoms with Crippen LogP contribution in [0.4, 0.5) is 0 Å². The number of amides is 2. The quantitative estimate of drug-likeness (QED) is 0.838. The minimum absolute atomic E-state index is 0.133. The van der Waals surface area contributed by atoms with Crippen LogP contribution in [0.3, 0.4) is 0 Å². The first kappa shape index (κ1) is 18.7. The fourth-order valence-electron chi connectivity index (χ4n) is 4.09. The average Bonchev–Trinajstić information content (AvgIpc) is 2.63. The summed E-state index contributed by atoms with van der Waals surface area (Å²) in [4.78, 5) is 26.1. The van der Waals surface area contributed by atoms with Crippen LogP contribution in [0.1, 0.15) is 37.7 Å². The second kappa shape index (κ2) is 8.54. The largest absolute Gasteiger partial charge is 0.491 e. The van der Waals surface area contributed by atoms with E-state index in [0.717, 1.165) is 57.4 Å². The third-order valence-electron chi connectivity index (χ3n) is 5.64. The number of carbonyl (C=O) groups is 2. The molecule has 1 aromatic carbocycles. The maximum atomic E-state index is 12.9. The number of piperidine rings is 1. The number of rotatable bonds is 2. The van der Waals surface area contributed by atoms with Crippen molar-refractivity contribution in [1.82, 2.24) is 10.2 Å². The molecule has 0 aliphatic carbocycles. The molecular weight excluding hydrogens is 330 g/mol. The third-order valence-corrected chi connectivity index (χ3v) is 5.64. The zero-order chi connectivity index (χ0) is 18.4. The number of carbonyl (C=O) groups excluding carboxylic acids is 2. The maximum absolute atomic E-state index is 12.9. The van der Waals surface area contributed by atoms with Gasteiger partial charge in [-0.2, -0.15) is 0 Å². The Kier molecular flexibility index (Phi) is 6.14. The molecular formula is C20H29N3O3. The van der Waals surface area contributed by atoms with Crippen molar-refractivity contribution in [1.29, 1.82) is 0 Å². The van der Waals surface area contributed by atoms with Gasteiger partial charge in [0.1, 0.15) is 12.4 Å². The molecule has 0 unspecified atom stereocenters. The molecule has 2 heterocycles. The Morgan fingerprint density at radius 1 is 1.19 bits per heavy atom. The molecule has 2 amide bonds. The molecule has 6 heteroatoms. The summed E-state index contributed by atoms with van der Waals surface area (Å²) in [5.41, 5.74) is 6.22. The average molecular weight is 359 g/mol. The number of nitrogens with one attached hydrogen (secondary N) is 1. The predicted molar refractivity (Wildman–Crippen MR) is 99.8 cm³/mol. The summed E-state index contributed by atoms with van der Waals surface area (Å²) in [5, 5.41) is 3.07. The van der Waals surface area contributed by atoms with Crippen LogP contribution in [-0.4, -0.2) is 49.5 Å². The molecule has 142 valence electrons. The van der Waals surface area contributed by atoms with Crippen LogP contribution in [0.5, 0.6) is 5.75 Å². The van der Waals surface area contributed by atoms with E-state index < -0.39 is 0 Å². The Labute approximate surface area is 155 Å². The van der Waals surface area contributed by atoms with Crippen LogP contribution in [-0.2, 0) is 16.0 Å². The Bertz CT molecular complexity index is 639. The minimum Gasteiger partial charge on any atom is -0.491 e. The topological polar surface area (TPSA) is 84.7 Å². The Balaban J connectivity index is 1.65. The fourth-order valence-corrected chi connectivity index (χ4v) is 4.09. The van der Waals surface area contributed by atoms with Crippen LogP contribution < -0.4 is 15.8 Å². The molecule has 3 N–H and O–H groups in total. The lowest BCUT2D eigenvalue weighted by Crippen LogP contribution is -2.50. The van der Waals surface area contributed by atoms with Crippen molar-refractivity contribution < 1.29 is 14.3 Å². The number of nitrogens with zero attached hydrogens (tertiary/aromatic N) is 1. The van der Waals surface area contributed by atoms with Crippen molar-refractivity contribution in [2.24, 2.45) is 11.1 Å². The molecule has 26 heavy (non-hydrogen) atoms. The first-order chi connectivity index (χ1) is 12.6. The predicted octanol–water partition coefficient (Wildman–Crippen LogP) is 1.48. The van der Waals surface area contributed by atoms with Gasteiger partial charge in [-0.25, -0.2) is 0 Å². The number of para-hydroxylation sites is 1. The zero-order valence-corrected chi connectivity index (χ0v) is 15.3. The van der Waals surface area contributed by atoms with E-state index in [4.69, 9.17) is 10.5 Å². The van der Waals surface area contributed by atoms with Gasteiger partial charge in [0.2, 0.25) is 11.8 Å². The standard InChI is InChI=1S/C20H29N3O3/c21-18(24)15-23-12-9-20(10-13-23)8-4-3-6-16-5-1-2-7-17(16)26-14-11-22-19(20)25/h1-2,5,7H,3-4,6,8-15H2,(H2,21,24)(H,22,25). The van der Waals surface area contributed by atoms with E-state index >= 15 is 0 Å². The monoisotopic (exact) mass is 359 g/mol. The highest BCUT2D eigenvalue weighted by molar-refractivity contribution is 5.83. The number of hydrogen-bond donors (Lipinski definition) is 2. The second-order valence-corrected chi connectivity index (χ2v) is 7.44. The minimum atomic E-state index is -0.327. The van der Waals surface area contributed by atoms with Gasteiger partial charge in [0.25, 0.3) is 0 Å². The second-order valence-electron chi connectivity index (χ2n) is 7.44. The number of likely N-dealkylation sites (tertiary alicyclic amines) is 1. The Morgan fingerprint density at radius 3 is 2.73 bits per heavy atom. The van der Waals surface area contributed by atoms with Crippen molar-refractivity contribution in [2.75, 3.05) is 32.8 Å². The molecule has 0 bridgehead atoms. The van der Waals surface area contributed by atoms with E-state index in [-0.39, 0.29) is 23.8 Å². The summed E-state index contributed by atoms with van der Waals surface area (Å²) in [7, 11) is 0. The van der Waals surface area contributed by atoms with Crippen LogP contribution in [0.15, 0.2) is 24.3 Å². The van der Waals surface area contributed by atoms with E-state index in [1.54, 1.807) is 0 Å². The molecule has 0 atom stereocenters. The van der Waals surface area contributed by atoms with Gasteiger partial charge in [-0.3, -0.25) is 14.5 Å². The van der Waals surface area contributed by atoms with Gasteiger partial charge in [0.05, 0.1) is 18.5 Å². The number of nitrogens with two attached hydrogens (primary N) is 1. The lowest BCUT2D eigenvalue weighted by Gasteiger charge is -2.40. The number of benzene rings is 1. The zero-order valence-electron chi connectivity index (χ0n) is 15.3. The first-order valence-electron chi connectivity index (χ1n) is 9.59. The molecule has 0 aromatic heterocycles. The van der Waals surface area contributed by atoms with Crippen LogP contribution >= 0.6 is 0 Å². The Morgan fingerprint density at radius 2 is 1.96 bits per heavy atom. The molecule has 3 rings (SSSR count). The fraction of sp³-hybridized carbons (Fsp3) is 0.600. The lowest BCUT2D eigenvalue weighted by molar-refractivity contribution is -0.135. The molecule has 0 saturated carbocycles. The first-order valence-corrected chi connectivity index (χ1v) is 9.59. The van der Waals surface area contributed by atoms with Crippen molar-refractivity contribution in [3.63, 3.8) is 0 Å². The van der Waals surface area contributed by atoms with Gasteiger partial charge in [0, 0.05) is 0 Å². The summed E-state index contributed by atoms with van der Waals surface area (Å²) >= 11 is 0. The van der Waals surface area contributed by atoms with Gasteiger partial charge in [-0.15, -0.1) is 0 Å². The van der Waals surface area contributed by atoms with Gasteiger partial charge in [-0.1, -0.05) is 24.6 Å². The molecule has 2 aliphatic heterocycles. The van der Waals surface area contributed by atoms with Crippen molar-refractivity contribution in [2.45, 2.75) is 38.5 Å². The van der Waals surface area contributed by atoms with E-state index in [0.29, 0.717) is 13.2 Å². The summed E-state index contributed by atoms with van der Waals surface area (Å²) in [5.74, 6) is 0.755. The number of aryl methyl sites for hydroxylation is 1. The van der Waals surface area contributed by atoms with Crippen LogP contribution in [0.25, 0.3) is 0 Å². The summed E-state index contributed by atoms with van der Waals surface area (Å²) in [6, 6.07) is 8.15. The van der Waals surface area contributed by atoms with E-state index in [2.05, 4.69) is 16.3 Å². The third kappa shape index (κ3) is 4.55. The van der Waals surface area contributed by atoms with Gasteiger partial charge in [-0.05, 0) is 56.8 Å². The lowest BCUT2D eigenvalue weighted by atomic mass is 9.73. The van der Waals surface area contributed by atoms with E-state index in [1.807, 2.05) is 18.2 Å². The van der Waals surface area contributed by atoms with Crippen LogP contribution in [0.2, 0.25) is 0 Å². The normalized spacial score (nSPS) is 21.6. The number of ether oxygens (including phenoxy) is 1. The highest BCUT2D eigenvalue weighted by Crippen LogP contribution is 2.37. The summed E-state index contributed by atoms with van der Waals surface area (Å²) in [6.45, 7) is 2.76. The molecule has 1 aromatic rings. The molecule has 0 radical (unpaired) electrons. The van der Waals surface area contributed by atoms with E-state index in [1.165, 1.54) is 5.56 Å². The van der Waals surface area contributed by atoms with Gasteiger partial charge in [0.15, 0.2) is 0 Å².